The summed E-state index contributed by atoms with van der Waals surface area (Å²) in [7, 11) is 0. The Morgan fingerprint density at radius 1 is 0.776 bits per heavy atom. The number of amides is 4. The maximum absolute atomic E-state index is 16.7. The third-order valence-corrected chi connectivity index (χ3v) is 13.7. The summed E-state index contributed by atoms with van der Waals surface area (Å²) in [5, 5.41) is 22.6. The number of fused-ring (bicyclic) bond motifs is 3. The number of ether oxygens (including phenoxy) is 2. The standard InChI is InChI=1S/C55H56N4O8/c1-37(39-20-8-5-9-21-39)56-54(65)58-45-29-28-38(19-14-17-32-60)35-44(45)55(53(58)64)46(51(62)57-30-15-3-2-4-16-31-57)48-52(63)67-49(41-24-12-7-13-25-41)47(40-22-10-6-11-23-40)59(48)50(55)42-26-18-27-43(36-42)66-34-33-61/h5-13,18,20-29,35-37,46-50,60-61H,2-4,15-17,30-34H2,1H3,(H,56,65)/t37-,46+,47+,48+,49-,50-,55+/m1/s1. The van der Waals surface area contributed by atoms with Crippen LogP contribution < -0.4 is 15.0 Å². The van der Waals surface area contributed by atoms with Crippen LogP contribution in [-0.2, 0) is 24.5 Å². The predicted octanol–water partition coefficient (Wildman–Crippen LogP) is 7.72. The molecule has 9 rings (SSSR count). The number of esters is 1. The molecule has 4 aliphatic heterocycles. The molecule has 5 aromatic carbocycles. The van der Waals surface area contributed by atoms with Gasteiger partial charge in [-0.15, -0.1) is 0 Å². The Kier molecular flexibility index (Phi) is 13.5. The second kappa shape index (κ2) is 20.0. The van der Waals surface area contributed by atoms with Crippen molar-refractivity contribution in [2.45, 2.75) is 81.1 Å². The zero-order valence-electron chi connectivity index (χ0n) is 37.6. The average molecular weight is 901 g/mol. The number of anilines is 1. The largest absolute Gasteiger partial charge is 0.491 e. The van der Waals surface area contributed by atoms with E-state index < -0.39 is 59.5 Å². The Balaban J connectivity index is 1.35. The molecule has 0 saturated carbocycles. The van der Waals surface area contributed by atoms with Crippen LogP contribution in [-0.4, -0.2) is 82.8 Å². The predicted molar refractivity (Wildman–Crippen MR) is 253 cm³/mol. The van der Waals surface area contributed by atoms with Gasteiger partial charge in [-0.25, -0.2) is 9.69 Å². The van der Waals surface area contributed by atoms with Gasteiger partial charge in [-0.1, -0.05) is 134 Å². The molecule has 344 valence electrons. The first-order valence-corrected chi connectivity index (χ1v) is 23.4. The van der Waals surface area contributed by atoms with Crippen LogP contribution in [0.2, 0.25) is 0 Å². The number of nitrogens with one attached hydrogen (secondary N) is 1. The number of aliphatic hydroxyl groups is 2. The van der Waals surface area contributed by atoms with E-state index in [0.717, 1.165) is 53.7 Å². The van der Waals surface area contributed by atoms with Gasteiger partial charge in [0.05, 0.1) is 42.9 Å². The highest BCUT2D eigenvalue weighted by Crippen LogP contribution is 2.66. The summed E-state index contributed by atoms with van der Waals surface area (Å²) >= 11 is 0. The van der Waals surface area contributed by atoms with E-state index in [9.17, 15) is 10.2 Å². The number of aliphatic hydroxyl groups excluding tert-OH is 2. The summed E-state index contributed by atoms with van der Waals surface area (Å²) in [6.07, 6.45) is 3.73. The molecule has 4 heterocycles. The fraction of sp³-hybridized carbons (Fsp3) is 0.345. The number of carbonyl (C=O) groups excluding carboxylic acids is 4. The highest BCUT2D eigenvalue weighted by Gasteiger charge is 2.76. The fourth-order valence-corrected chi connectivity index (χ4v) is 10.9. The normalized spacial score (nSPS) is 24.1. The van der Waals surface area contributed by atoms with E-state index in [1.54, 1.807) is 36.4 Å². The van der Waals surface area contributed by atoms with Crippen molar-refractivity contribution in [3.05, 3.63) is 167 Å². The summed E-state index contributed by atoms with van der Waals surface area (Å²) in [5.74, 6) is 3.49. The van der Waals surface area contributed by atoms with Crippen LogP contribution in [0, 0.1) is 17.8 Å². The van der Waals surface area contributed by atoms with Crippen molar-refractivity contribution in [1.82, 2.24) is 15.1 Å². The Morgan fingerprint density at radius 2 is 1.43 bits per heavy atom. The van der Waals surface area contributed by atoms with E-state index in [2.05, 4.69) is 17.2 Å². The SMILES string of the molecule is C[C@@H](NC(=O)N1C(=O)[C@@]2(c3cc(C#CCCO)ccc31)[C@H](C(=O)N1CCCCCCC1)[C@H]1C(=O)O[C@H](c3ccccc3)[C@H](c3ccccc3)N1[C@@H]2c1cccc(OCCO)c1)c1ccccc1. The minimum atomic E-state index is -1.95. The smallest absolute Gasteiger partial charge is 0.329 e. The van der Waals surface area contributed by atoms with Crippen molar-refractivity contribution >= 4 is 29.5 Å². The number of carbonyl (C=O) groups is 4. The second-order valence-electron chi connectivity index (χ2n) is 17.7. The first-order chi connectivity index (χ1) is 32.8. The number of hydrogen-bond donors (Lipinski definition) is 3. The molecule has 3 N–H and O–H groups in total. The molecule has 0 radical (unpaired) electrons. The average Bonchev–Trinajstić information content (AvgIpc) is 3.80. The maximum atomic E-state index is 16.7. The molecule has 3 fully saturated rings. The molecule has 0 unspecified atom stereocenters. The summed E-state index contributed by atoms with van der Waals surface area (Å²) in [6.45, 7) is 2.32. The van der Waals surface area contributed by atoms with E-state index in [1.165, 1.54) is 0 Å². The molecular formula is C55H56N4O8. The second-order valence-corrected chi connectivity index (χ2v) is 17.7. The zero-order valence-corrected chi connectivity index (χ0v) is 37.6. The third kappa shape index (κ3) is 8.48. The van der Waals surface area contributed by atoms with Crippen LogP contribution in [0.15, 0.2) is 133 Å². The van der Waals surface area contributed by atoms with E-state index in [0.29, 0.717) is 35.5 Å². The molecule has 0 bridgehead atoms. The number of rotatable bonds is 10. The van der Waals surface area contributed by atoms with Gasteiger partial charge in [0.15, 0.2) is 0 Å². The summed E-state index contributed by atoms with van der Waals surface area (Å²) in [5.41, 5.74) is 2.10. The number of hydrogen-bond acceptors (Lipinski definition) is 9. The van der Waals surface area contributed by atoms with Crippen LogP contribution in [0.1, 0.15) is 103 Å². The highest BCUT2D eigenvalue weighted by molar-refractivity contribution is 6.24. The van der Waals surface area contributed by atoms with Gasteiger partial charge >= 0.3 is 12.0 Å². The quantitative estimate of drug-likeness (QED) is 0.0947. The molecule has 7 atom stereocenters. The van der Waals surface area contributed by atoms with Crippen molar-refractivity contribution in [3.8, 4) is 17.6 Å². The van der Waals surface area contributed by atoms with E-state index in [-0.39, 0.29) is 37.8 Å². The fourth-order valence-electron chi connectivity index (χ4n) is 10.9. The Labute approximate surface area is 391 Å². The van der Waals surface area contributed by atoms with Gasteiger partial charge in [0.2, 0.25) is 11.8 Å². The lowest BCUT2D eigenvalue weighted by atomic mass is 9.64. The Bertz CT molecular complexity index is 2640. The number of likely N-dealkylation sites (tertiary alicyclic amines) is 1. The van der Waals surface area contributed by atoms with Gasteiger partial charge in [-0.2, -0.15) is 0 Å². The molecule has 0 aromatic heterocycles. The van der Waals surface area contributed by atoms with Crippen molar-refractivity contribution in [1.29, 1.82) is 0 Å². The van der Waals surface area contributed by atoms with Gasteiger partial charge in [0.25, 0.3) is 0 Å². The molecule has 12 nitrogen and oxygen atoms in total. The van der Waals surface area contributed by atoms with Crippen molar-refractivity contribution in [2.75, 3.05) is 37.8 Å². The topological polar surface area (TPSA) is 149 Å². The van der Waals surface area contributed by atoms with E-state index >= 15 is 19.2 Å². The molecule has 12 heteroatoms. The van der Waals surface area contributed by atoms with Crippen LogP contribution in [0.4, 0.5) is 10.5 Å². The number of imide groups is 1. The molecule has 3 saturated heterocycles. The zero-order chi connectivity index (χ0) is 46.5. The first-order valence-electron chi connectivity index (χ1n) is 23.4. The molecular weight excluding hydrogens is 845 g/mol. The minimum Gasteiger partial charge on any atom is -0.491 e. The van der Waals surface area contributed by atoms with Crippen molar-refractivity contribution in [2.24, 2.45) is 5.92 Å². The van der Waals surface area contributed by atoms with Crippen LogP contribution in [0.3, 0.4) is 0 Å². The van der Waals surface area contributed by atoms with Crippen molar-refractivity contribution < 1.29 is 38.9 Å². The van der Waals surface area contributed by atoms with Gasteiger partial charge < -0.3 is 29.9 Å². The Hall–Kier alpha value is -6.78. The number of morpholine rings is 1. The molecule has 67 heavy (non-hydrogen) atoms. The number of benzene rings is 5. The van der Waals surface area contributed by atoms with Crippen LogP contribution in [0.25, 0.3) is 0 Å². The van der Waals surface area contributed by atoms with E-state index in [1.807, 2.05) is 114 Å². The van der Waals surface area contributed by atoms with Crippen molar-refractivity contribution in [3.63, 3.8) is 0 Å². The lowest BCUT2D eigenvalue weighted by Gasteiger charge is -2.46. The Morgan fingerprint density at radius 3 is 2.12 bits per heavy atom. The minimum absolute atomic E-state index is 0.00189. The number of nitrogens with zero attached hydrogens (tertiary/aromatic N) is 3. The molecule has 4 aliphatic rings. The van der Waals surface area contributed by atoms with Crippen LogP contribution >= 0.6 is 0 Å². The summed E-state index contributed by atoms with van der Waals surface area (Å²) in [4.78, 5) is 68.5. The van der Waals surface area contributed by atoms with Gasteiger partial charge in [0, 0.05) is 25.1 Å². The lowest BCUT2D eigenvalue weighted by molar-refractivity contribution is -0.179. The first kappa shape index (κ1) is 45.4. The maximum Gasteiger partial charge on any atom is 0.329 e. The monoisotopic (exact) mass is 900 g/mol. The molecule has 1 spiro atoms. The summed E-state index contributed by atoms with van der Waals surface area (Å²) < 4.78 is 12.7. The molecule has 0 aliphatic carbocycles. The van der Waals surface area contributed by atoms with Crippen LogP contribution in [0.5, 0.6) is 5.75 Å². The lowest BCUT2D eigenvalue weighted by Crippen LogP contribution is -2.57. The third-order valence-electron chi connectivity index (χ3n) is 13.7. The van der Waals surface area contributed by atoms with Gasteiger partial charge in [0.1, 0.15) is 29.9 Å². The highest BCUT2D eigenvalue weighted by atomic mass is 16.6. The molecule has 5 aromatic rings. The number of cyclic esters (lactones) is 1. The van der Waals surface area contributed by atoms with Gasteiger partial charge in [-0.05, 0) is 77.9 Å². The number of urea groups is 1. The van der Waals surface area contributed by atoms with E-state index in [4.69, 9.17) is 9.47 Å². The van der Waals surface area contributed by atoms with Gasteiger partial charge in [-0.3, -0.25) is 19.3 Å². The summed E-state index contributed by atoms with van der Waals surface area (Å²) in [6, 6.07) is 36.7. The molecule has 4 amide bonds.